The quantitative estimate of drug-likeness (QED) is 0.614. The summed E-state index contributed by atoms with van der Waals surface area (Å²) in [7, 11) is 0. The van der Waals surface area contributed by atoms with Crippen LogP contribution >= 0.6 is 0 Å². The highest BCUT2D eigenvalue weighted by Crippen LogP contribution is 2.73. The third-order valence-corrected chi connectivity index (χ3v) is 12.4. The van der Waals surface area contributed by atoms with E-state index < -0.39 is 10.8 Å². The predicted octanol–water partition coefficient (Wildman–Crippen LogP) is 3.58. The smallest absolute Gasteiger partial charge is 0.233 e. The highest BCUT2D eigenvalue weighted by Gasteiger charge is 2.75. The van der Waals surface area contributed by atoms with Crippen molar-refractivity contribution in [2.75, 3.05) is 13.1 Å². The van der Waals surface area contributed by atoms with E-state index in [0.717, 1.165) is 46.5 Å². The molecule has 2 saturated heterocycles. The zero-order valence-electron chi connectivity index (χ0n) is 22.6. The third-order valence-electron chi connectivity index (χ3n) is 12.4. The number of ketones is 2. The van der Waals surface area contributed by atoms with Gasteiger partial charge in [0, 0.05) is 59.9 Å². The maximum Gasteiger partial charge on any atom is 0.233 e. The van der Waals surface area contributed by atoms with E-state index in [1.807, 2.05) is 36.0 Å². The van der Waals surface area contributed by atoms with Gasteiger partial charge in [0.05, 0.1) is 22.2 Å². The van der Waals surface area contributed by atoms with Gasteiger partial charge >= 0.3 is 0 Å². The summed E-state index contributed by atoms with van der Waals surface area (Å²) >= 11 is 0. The Morgan fingerprint density at radius 1 is 0.750 bits per heavy atom. The summed E-state index contributed by atoms with van der Waals surface area (Å²) in [5.74, 6) is 0.839. The average molecular weight is 535 g/mol. The lowest BCUT2D eigenvalue weighted by molar-refractivity contribution is -0.157. The van der Waals surface area contributed by atoms with Crippen molar-refractivity contribution >= 4 is 23.4 Å². The van der Waals surface area contributed by atoms with E-state index in [0.29, 0.717) is 62.0 Å². The Balaban J connectivity index is 0.936. The van der Waals surface area contributed by atoms with Crippen molar-refractivity contribution in [2.24, 2.45) is 22.7 Å². The number of piperidine rings is 2. The van der Waals surface area contributed by atoms with E-state index >= 15 is 0 Å². The van der Waals surface area contributed by atoms with Crippen LogP contribution in [0.1, 0.15) is 81.8 Å². The molecular formula is C32H30N4O4. The number of carbonyl (C=O) groups is 4. The van der Waals surface area contributed by atoms with Crippen molar-refractivity contribution in [3.05, 3.63) is 69.6 Å². The molecule has 2 unspecified atom stereocenters. The van der Waals surface area contributed by atoms with Crippen LogP contribution in [0.4, 0.5) is 0 Å². The number of hydrogen-bond acceptors (Lipinski definition) is 4. The van der Waals surface area contributed by atoms with Crippen molar-refractivity contribution < 1.29 is 19.2 Å². The number of amides is 2. The maximum atomic E-state index is 14.2. The standard InChI is InChI=1S/C32H30N4O4/c1-15-9-33-25-19(37)5-21-31(23(15)25)7-17(31)11-35(21)27(39)29-3-4-30(13-29,14-29)28(40)36-12-18-8-32(18)22(36)6-20(38)26-24(32)16(2)10-34-26/h5-6,9-10,17-18,33-34H,3-4,7-8,11-14H2,1-2H3/t17-,18-,29?,30?,31?,32?/m1/s1. The molecule has 9 aliphatic rings. The first-order valence-electron chi connectivity index (χ1n) is 14.7. The van der Waals surface area contributed by atoms with Gasteiger partial charge in [-0.1, -0.05) is 0 Å². The van der Waals surface area contributed by atoms with Crippen molar-refractivity contribution in [1.29, 1.82) is 0 Å². The lowest BCUT2D eigenvalue weighted by atomic mass is 9.58. The summed E-state index contributed by atoms with van der Waals surface area (Å²) in [6, 6.07) is 0. The summed E-state index contributed by atoms with van der Waals surface area (Å²) in [6.45, 7) is 5.41. The summed E-state index contributed by atoms with van der Waals surface area (Å²) in [6.07, 6.45) is 11.8. The highest BCUT2D eigenvalue weighted by atomic mass is 16.2. The van der Waals surface area contributed by atoms with Crippen LogP contribution in [-0.2, 0) is 20.4 Å². The number of nitrogens with zero attached hydrogens (tertiary/aromatic N) is 2. The molecule has 2 aromatic rings. The molecule has 7 fully saturated rings. The first-order chi connectivity index (χ1) is 19.2. The van der Waals surface area contributed by atoms with Crippen LogP contribution in [0.25, 0.3) is 0 Å². The van der Waals surface area contributed by atoms with Crippen molar-refractivity contribution in [3.8, 4) is 0 Å². The summed E-state index contributed by atoms with van der Waals surface area (Å²) in [4.78, 5) is 64.6. The molecule has 11 rings (SSSR count). The van der Waals surface area contributed by atoms with Gasteiger partial charge in [0.2, 0.25) is 23.4 Å². The normalized spacial score (nSPS) is 40.4. The van der Waals surface area contributed by atoms with Crippen LogP contribution in [-0.4, -0.2) is 56.2 Å². The molecular weight excluding hydrogens is 504 g/mol. The van der Waals surface area contributed by atoms with Crippen molar-refractivity contribution in [2.45, 2.75) is 63.2 Å². The molecule has 2 amide bonds. The Kier molecular flexibility index (Phi) is 3.39. The first kappa shape index (κ1) is 22.1. The highest BCUT2D eigenvalue weighted by molar-refractivity contribution is 6.10. The minimum absolute atomic E-state index is 0.0474. The van der Waals surface area contributed by atoms with Crippen molar-refractivity contribution in [1.82, 2.24) is 19.8 Å². The van der Waals surface area contributed by atoms with Gasteiger partial charge in [-0.15, -0.1) is 0 Å². The molecule has 2 bridgehead atoms. The molecule has 8 heteroatoms. The minimum Gasteiger partial charge on any atom is -0.358 e. The van der Waals surface area contributed by atoms with Crippen LogP contribution in [0.3, 0.4) is 0 Å². The second-order valence-corrected chi connectivity index (χ2v) is 14.2. The number of fused-ring (bicyclic) bond motifs is 3. The SMILES string of the molecule is Cc1c[nH]c2c1C13C[C@@H]1CN(C(=O)C14CCC(C(=O)N5C[C@H]6CC67C5=CC(=O)c5[nH]cc(C)c57)(C1)C4)C3=CC2=O. The minimum atomic E-state index is -0.521. The van der Waals surface area contributed by atoms with Crippen LogP contribution in [0.5, 0.6) is 0 Å². The average Bonchev–Trinajstić information content (AvgIpc) is 3.33. The predicted molar refractivity (Wildman–Crippen MR) is 142 cm³/mol. The van der Waals surface area contributed by atoms with Gasteiger partial charge < -0.3 is 19.8 Å². The summed E-state index contributed by atoms with van der Waals surface area (Å²) in [5, 5.41) is 0. The number of nitrogens with one attached hydrogen (secondary N) is 2. The van der Waals surface area contributed by atoms with Gasteiger partial charge in [-0.25, -0.2) is 0 Å². The van der Waals surface area contributed by atoms with Gasteiger partial charge in [-0.05, 0) is 86.5 Å². The van der Waals surface area contributed by atoms with E-state index in [-0.39, 0.29) is 34.2 Å². The number of rotatable bonds is 2. The Labute approximate surface area is 230 Å². The van der Waals surface area contributed by atoms with Gasteiger partial charge in [0.1, 0.15) is 0 Å². The number of likely N-dealkylation sites (tertiary alicyclic amines) is 2. The van der Waals surface area contributed by atoms with E-state index in [1.165, 1.54) is 0 Å². The zero-order valence-corrected chi connectivity index (χ0v) is 22.6. The van der Waals surface area contributed by atoms with Gasteiger partial charge in [-0.2, -0.15) is 0 Å². The fourth-order valence-electron chi connectivity index (χ4n) is 10.7. The number of aromatic nitrogens is 2. The van der Waals surface area contributed by atoms with E-state index in [9.17, 15) is 19.2 Å². The van der Waals surface area contributed by atoms with Gasteiger partial charge in [-0.3, -0.25) is 19.2 Å². The van der Waals surface area contributed by atoms with Crippen LogP contribution in [0, 0.1) is 36.5 Å². The molecule has 0 radical (unpaired) electrons. The second kappa shape index (κ2) is 6.14. The monoisotopic (exact) mass is 534 g/mol. The van der Waals surface area contributed by atoms with Crippen LogP contribution < -0.4 is 0 Å². The van der Waals surface area contributed by atoms with E-state index in [1.54, 1.807) is 12.2 Å². The number of H-pyrrole nitrogens is 2. The molecule has 7 aliphatic carbocycles. The molecule has 2 aliphatic heterocycles. The summed E-state index contributed by atoms with van der Waals surface area (Å²) < 4.78 is 0. The molecule has 5 saturated carbocycles. The van der Waals surface area contributed by atoms with Gasteiger partial charge in [0.25, 0.3) is 0 Å². The summed E-state index contributed by atoms with van der Waals surface area (Å²) in [5.41, 5.74) is 6.08. The molecule has 0 aromatic carbocycles. The fourth-order valence-corrected chi connectivity index (χ4v) is 10.7. The van der Waals surface area contributed by atoms with Crippen molar-refractivity contribution in [3.63, 3.8) is 0 Å². The Bertz CT molecular complexity index is 1640. The fraction of sp³-hybridized carbons (Fsp3) is 0.500. The lowest BCUT2D eigenvalue weighted by Crippen LogP contribution is -2.55. The molecule has 2 spiro atoms. The number of allylic oxidation sites excluding steroid dienone is 4. The second-order valence-electron chi connectivity index (χ2n) is 14.2. The third kappa shape index (κ3) is 2.08. The Morgan fingerprint density at radius 2 is 1.18 bits per heavy atom. The maximum absolute atomic E-state index is 14.2. The van der Waals surface area contributed by atoms with Gasteiger partial charge in [0.15, 0.2) is 0 Å². The molecule has 4 heterocycles. The number of carbonyl (C=O) groups excluding carboxylic acids is 4. The molecule has 2 aromatic heterocycles. The molecule has 202 valence electrons. The zero-order chi connectivity index (χ0) is 27.1. The Hall–Kier alpha value is -3.68. The van der Waals surface area contributed by atoms with E-state index in [2.05, 4.69) is 9.97 Å². The number of aryl methyl sites for hydroxylation is 2. The number of aromatic amines is 2. The lowest BCUT2D eigenvalue weighted by Gasteiger charge is -2.48. The van der Waals surface area contributed by atoms with Crippen LogP contribution in [0.15, 0.2) is 35.9 Å². The first-order valence-corrected chi connectivity index (χ1v) is 14.7. The topological polar surface area (TPSA) is 106 Å². The number of hydrogen-bond donors (Lipinski definition) is 2. The Morgan fingerprint density at radius 3 is 1.60 bits per heavy atom. The molecule has 2 N–H and O–H groups in total. The van der Waals surface area contributed by atoms with E-state index in [4.69, 9.17) is 0 Å². The molecule has 8 nitrogen and oxygen atoms in total. The molecule has 40 heavy (non-hydrogen) atoms. The largest absolute Gasteiger partial charge is 0.358 e. The van der Waals surface area contributed by atoms with Crippen LogP contribution in [0.2, 0.25) is 0 Å². The molecule has 4 atom stereocenters.